The number of nitro benzene ring substituents is 1. The zero-order chi connectivity index (χ0) is 16.1. The summed E-state index contributed by atoms with van der Waals surface area (Å²) < 4.78 is 0. The average Bonchev–Trinajstić information content (AvgIpc) is 2.86. The second-order valence-corrected chi connectivity index (χ2v) is 4.87. The Morgan fingerprint density at radius 3 is 2.32 bits per heavy atom. The molecular weight excluding hydrogens is 276 g/mol. The number of H-pyrrole nitrogens is 1. The summed E-state index contributed by atoms with van der Waals surface area (Å²) in [6, 6.07) is 14.9. The number of para-hydroxylation sites is 1. The van der Waals surface area contributed by atoms with Gasteiger partial charge >= 0.3 is 0 Å². The molecule has 0 aliphatic rings. The van der Waals surface area contributed by atoms with Gasteiger partial charge in [0.05, 0.1) is 4.92 Å². The normalized spacial score (nSPS) is 10.1. The van der Waals surface area contributed by atoms with Gasteiger partial charge in [0.15, 0.2) is 0 Å². The molecular formula is C18H20N2O2. The number of nitrogens with zero attached hydrogens (tertiary/aromatic N) is 1. The maximum Gasteiger partial charge on any atom is 0.269 e. The quantitative estimate of drug-likeness (QED) is 0.546. The molecule has 3 aromatic rings. The summed E-state index contributed by atoms with van der Waals surface area (Å²) in [5.74, 6) is 0. The van der Waals surface area contributed by atoms with Gasteiger partial charge in [-0.05, 0) is 30.5 Å². The van der Waals surface area contributed by atoms with E-state index in [1.54, 1.807) is 12.1 Å². The summed E-state index contributed by atoms with van der Waals surface area (Å²) in [5, 5.41) is 11.9. The fourth-order valence-corrected chi connectivity index (χ4v) is 2.50. The van der Waals surface area contributed by atoms with Crippen molar-refractivity contribution < 1.29 is 4.92 Å². The summed E-state index contributed by atoms with van der Waals surface area (Å²) in [5.41, 5.74) is 4.72. The molecule has 0 bridgehead atoms. The van der Waals surface area contributed by atoms with Crippen molar-refractivity contribution in [3.8, 4) is 0 Å². The van der Waals surface area contributed by atoms with Crippen molar-refractivity contribution >= 4 is 16.6 Å². The molecule has 0 aliphatic carbocycles. The van der Waals surface area contributed by atoms with Crippen molar-refractivity contribution in [3.63, 3.8) is 0 Å². The largest absolute Gasteiger partial charge is 0.358 e. The van der Waals surface area contributed by atoms with E-state index in [0.717, 1.165) is 23.2 Å². The van der Waals surface area contributed by atoms with E-state index >= 15 is 0 Å². The monoisotopic (exact) mass is 296 g/mol. The molecule has 0 saturated heterocycles. The Hall–Kier alpha value is -2.62. The minimum absolute atomic E-state index is 0.129. The van der Waals surface area contributed by atoms with E-state index in [-0.39, 0.29) is 10.6 Å². The summed E-state index contributed by atoms with van der Waals surface area (Å²) in [6.07, 6.45) is 0.772. The lowest BCUT2D eigenvalue weighted by atomic mass is 10.0. The van der Waals surface area contributed by atoms with Gasteiger partial charge in [-0.15, -0.1) is 0 Å². The van der Waals surface area contributed by atoms with Crippen molar-refractivity contribution in [2.45, 2.75) is 27.2 Å². The smallest absolute Gasteiger partial charge is 0.269 e. The van der Waals surface area contributed by atoms with Gasteiger partial charge in [-0.1, -0.05) is 44.2 Å². The molecule has 3 rings (SSSR count). The highest BCUT2D eigenvalue weighted by atomic mass is 16.6. The molecule has 0 aliphatic heterocycles. The lowest BCUT2D eigenvalue weighted by Crippen LogP contribution is -1.92. The Balaban J connectivity index is 0.000000847. The van der Waals surface area contributed by atoms with Gasteiger partial charge in [-0.3, -0.25) is 10.1 Å². The van der Waals surface area contributed by atoms with Crippen molar-refractivity contribution in [2.75, 3.05) is 0 Å². The Morgan fingerprint density at radius 1 is 1.05 bits per heavy atom. The van der Waals surface area contributed by atoms with Crippen LogP contribution in [-0.2, 0) is 6.42 Å². The van der Waals surface area contributed by atoms with Crippen LogP contribution in [0, 0.1) is 17.0 Å². The zero-order valence-electron chi connectivity index (χ0n) is 13.1. The number of nitro groups is 1. The van der Waals surface area contributed by atoms with E-state index in [4.69, 9.17) is 0 Å². The number of hydrogen-bond donors (Lipinski definition) is 1. The number of aromatic nitrogens is 1. The maximum absolute atomic E-state index is 10.7. The van der Waals surface area contributed by atoms with E-state index in [1.807, 2.05) is 38.1 Å². The number of fused-ring (bicyclic) bond motifs is 1. The number of non-ortho nitro benzene ring substituents is 1. The third kappa shape index (κ3) is 3.17. The molecule has 4 heteroatoms. The molecule has 1 heterocycles. The predicted octanol–water partition coefficient (Wildman–Crippen LogP) is 5.00. The number of benzene rings is 2. The predicted molar refractivity (Wildman–Crippen MR) is 90.3 cm³/mol. The Kier molecular flexibility index (Phi) is 4.94. The van der Waals surface area contributed by atoms with E-state index in [9.17, 15) is 10.1 Å². The average molecular weight is 296 g/mol. The minimum Gasteiger partial charge on any atom is -0.358 e. The van der Waals surface area contributed by atoms with Gasteiger partial charge in [0.1, 0.15) is 0 Å². The highest BCUT2D eigenvalue weighted by Crippen LogP contribution is 2.25. The van der Waals surface area contributed by atoms with Gasteiger partial charge in [-0.2, -0.15) is 0 Å². The Morgan fingerprint density at radius 2 is 1.68 bits per heavy atom. The number of nitrogens with one attached hydrogen (secondary N) is 1. The molecule has 0 fully saturated rings. The highest BCUT2D eigenvalue weighted by Gasteiger charge is 2.10. The van der Waals surface area contributed by atoms with Crippen LogP contribution in [0.15, 0.2) is 48.5 Å². The van der Waals surface area contributed by atoms with Gasteiger partial charge in [-0.25, -0.2) is 0 Å². The lowest BCUT2D eigenvalue weighted by molar-refractivity contribution is -0.384. The Bertz CT molecular complexity index is 773. The molecule has 22 heavy (non-hydrogen) atoms. The lowest BCUT2D eigenvalue weighted by Gasteiger charge is -2.02. The van der Waals surface area contributed by atoms with Crippen molar-refractivity contribution in [3.05, 3.63) is 75.5 Å². The first-order chi connectivity index (χ1) is 10.6. The van der Waals surface area contributed by atoms with Crippen LogP contribution < -0.4 is 0 Å². The summed E-state index contributed by atoms with van der Waals surface area (Å²) in [4.78, 5) is 13.7. The Labute approximate surface area is 129 Å². The fraction of sp³-hybridized carbons (Fsp3) is 0.222. The summed E-state index contributed by atoms with van der Waals surface area (Å²) in [7, 11) is 0. The van der Waals surface area contributed by atoms with Crippen LogP contribution in [0.1, 0.15) is 30.7 Å². The molecule has 0 radical (unpaired) electrons. The molecule has 0 spiro atoms. The van der Waals surface area contributed by atoms with Gasteiger partial charge in [0.2, 0.25) is 0 Å². The standard InChI is InChI=1S/C16H14N2O2.C2H6/c1-11-15(14-4-2-3-5-16(14)17-11)10-12-6-8-13(9-7-12)18(19)20;1-2/h2-9,17H,10H2,1H3;1-2H3. The number of rotatable bonds is 3. The molecule has 0 unspecified atom stereocenters. The van der Waals surface area contributed by atoms with Crippen LogP contribution >= 0.6 is 0 Å². The number of aromatic amines is 1. The van der Waals surface area contributed by atoms with Gasteiger partial charge in [0.25, 0.3) is 5.69 Å². The topological polar surface area (TPSA) is 58.9 Å². The van der Waals surface area contributed by atoms with Crippen LogP contribution in [0.2, 0.25) is 0 Å². The highest BCUT2D eigenvalue weighted by molar-refractivity contribution is 5.84. The van der Waals surface area contributed by atoms with Crippen LogP contribution in [0.4, 0.5) is 5.69 Å². The third-order valence-corrected chi connectivity index (χ3v) is 3.56. The summed E-state index contributed by atoms with van der Waals surface area (Å²) >= 11 is 0. The van der Waals surface area contributed by atoms with Crippen molar-refractivity contribution in [1.29, 1.82) is 0 Å². The first kappa shape index (κ1) is 15.8. The SMILES string of the molecule is CC.Cc1[nH]c2ccccc2c1Cc1ccc([N+](=O)[O-])cc1. The molecule has 2 aromatic carbocycles. The number of hydrogen-bond acceptors (Lipinski definition) is 2. The maximum atomic E-state index is 10.7. The molecule has 0 saturated carbocycles. The molecule has 1 N–H and O–H groups in total. The van der Waals surface area contributed by atoms with Crippen molar-refractivity contribution in [2.24, 2.45) is 0 Å². The molecule has 114 valence electrons. The molecule has 4 nitrogen and oxygen atoms in total. The second kappa shape index (κ2) is 6.89. The third-order valence-electron chi connectivity index (χ3n) is 3.56. The fourth-order valence-electron chi connectivity index (χ4n) is 2.50. The number of aryl methyl sites for hydroxylation is 1. The van der Waals surface area contributed by atoms with Crippen LogP contribution in [-0.4, -0.2) is 9.91 Å². The zero-order valence-corrected chi connectivity index (χ0v) is 13.1. The summed E-state index contributed by atoms with van der Waals surface area (Å²) in [6.45, 7) is 6.06. The molecule has 0 atom stereocenters. The van der Waals surface area contributed by atoms with Gasteiger partial charge in [0, 0.05) is 28.7 Å². The molecule has 0 amide bonds. The first-order valence-corrected chi connectivity index (χ1v) is 7.44. The van der Waals surface area contributed by atoms with E-state index in [1.165, 1.54) is 10.9 Å². The van der Waals surface area contributed by atoms with Crippen LogP contribution in [0.3, 0.4) is 0 Å². The van der Waals surface area contributed by atoms with Crippen molar-refractivity contribution in [1.82, 2.24) is 4.98 Å². The second-order valence-electron chi connectivity index (χ2n) is 4.87. The van der Waals surface area contributed by atoms with E-state index in [0.29, 0.717) is 0 Å². The van der Waals surface area contributed by atoms with E-state index in [2.05, 4.69) is 24.0 Å². The van der Waals surface area contributed by atoms with E-state index < -0.39 is 0 Å². The first-order valence-electron chi connectivity index (χ1n) is 7.44. The van der Waals surface area contributed by atoms with Crippen LogP contribution in [0.5, 0.6) is 0 Å². The minimum atomic E-state index is -0.374. The molecule has 1 aromatic heterocycles. The van der Waals surface area contributed by atoms with Crippen LogP contribution in [0.25, 0.3) is 10.9 Å². The van der Waals surface area contributed by atoms with Gasteiger partial charge < -0.3 is 4.98 Å².